The lowest BCUT2D eigenvalue weighted by Gasteiger charge is -2.09. The third-order valence-electron chi connectivity index (χ3n) is 3.05. The number of rotatable bonds is 7. The van der Waals surface area contributed by atoms with Crippen molar-refractivity contribution in [1.29, 1.82) is 5.26 Å². The van der Waals surface area contributed by atoms with E-state index in [1.165, 1.54) is 5.56 Å². The Morgan fingerprint density at radius 2 is 1.67 bits per heavy atom. The molecule has 0 unspecified atom stereocenters. The third kappa shape index (κ3) is 4.85. The molecule has 2 aromatic rings. The maximum absolute atomic E-state index is 8.81. The Bertz CT molecular complexity index is 599. The quantitative estimate of drug-likeness (QED) is 0.721. The Morgan fingerprint density at radius 3 is 2.33 bits per heavy atom. The largest absolute Gasteiger partial charge is 0.490 e. The molecule has 0 spiro atoms. The first-order valence-corrected chi connectivity index (χ1v) is 7.16. The van der Waals surface area contributed by atoms with Crippen molar-refractivity contribution in [2.45, 2.75) is 19.8 Å². The minimum absolute atomic E-state index is 0.450. The van der Waals surface area contributed by atoms with Crippen LogP contribution >= 0.6 is 0 Å². The summed E-state index contributed by atoms with van der Waals surface area (Å²) in [5.41, 5.74) is 1.93. The molecule has 2 rings (SSSR count). The first-order chi connectivity index (χ1) is 10.3. The average molecular weight is 281 g/mol. The van der Waals surface area contributed by atoms with Crippen LogP contribution in [0.4, 0.5) is 0 Å². The molecule has 3 nitrogen and oxygen atoms in total. The first kappa shape index (κ1) is 14.9. The zero-order valence-corrected chi connectivity index (χ0v) is 12.2. The topological polar surface area (TPSA) is 42.2 Å². The normalized spacial score (nSPS) is 9.90. The Labute approximate surface area is 125 Å². The minimum Gasteiger partial charge on any atom is -0.490 e. The summed E-state index contributed by atoms with van der Waals surface area (Å²) >= 11 is 0. The Kier molecular flexibility index (Phi) is 5.66. The molecular formula is C18H19NO2. The highest BCUT2D eigenvalue weighted by atomic mass is 16.5. The van der Waals surface area contributed by atoms with Crippen LogP contribution in [0.3, 0.4) is 0 Å². The van der Waals surface area contributed by atoms with Crippen LogP contribution in [0.1, 0.15) is 24.5 Å². The van der Waals surface area contributed by atoms with E-state index >= 15 is 0 Å². The van der Waals surface area contributed by atoms with Crippen LogP contribution in [-0.2, 0) is 6.42 Å². The molecule has 0 N–H and O–H groups in total. The highest BCUT2D eigenvalue weighted by Crippen LogP contribution is 2.14. The number of nitriles is 1. The van der Waals surface area contributed by atoms with Crippen molar-refractivity contribution in [3.05, 3.63) is 59.7 Å². The summed E-state index contributed by atoms with van der Waals surface area (Å²) in [5.74, 6) is 1.54. The van der Waals surface area contributed by atoms with E-state index in [2.05, 4.69) is 25.1 Å². The second-order valence-electron chi connectivity index (χ2n) is 4.73. The highest BCUT2D eigenvalue weighted by molar-refractivity contribution is 5.36. The number of nitrogens with zero attached hydrogens (tertiary/aromatic N) is 1. The van der Waals surface area contributed by atoms with Gasteiger partial charge in [-0.3, -0.25) is 0 Å². The van der Waals surface area contributed by atoms with Crippen LogP contribution in [0, 0.1) is 11.3 Å². The molecule has 0 heterocycles. The van der Waals surface area contributed by atoms with Crippen LogP contribution < -0.4 is 9.47 Å². The van der Waals surface area contributed by atoms with Crippen molar-refractivity contribution in [3.63, 3.8) is 0 Å². The van der Waals surface area contributed by atoms with Gasteiger partial charge in [0, 0.05) is 0 Å². The maximum Gasteiger partial charge on any atom is 0.122 e. The predicted molar refractivity (Wildman–Crippen MR) is 82.6 cm³/mol. The molecule has 108 valence electrons. The second kappa shape index (κ2) is 7.96. The van der Waals surface area contributed by atoms with Gasteiger partial charge in [0.2, 0.25) is 0 Å². The number of hydrogen-bond donors (Lipinski definition) is 0. The SMILES string of the molecule is CCCc1ccc(OCCOc2cccc(C#N)c2)cc1. The zero-order valence-electron chi connectivity index (χ0n) is 12.2. The summed E-state index contributed by atoms with van der Waals surface area (Å²) < 4.78 is 11.2. The van der Waals surface area contributed by atoms with Crippen molar-refractivity contribution in [2.75, 3.05) is 13.2 Å². The lowest BCUT2D eigenvalue weighted by atomic mass is 10.1. The Hall–Kier alpha value is -2.47. The smallest absolute Gasteiger partial charge is 0.122 e. The van der Waals surface area contributed by atoms with E-state index in [0.29, 0.717) is 24.5 Å². The summed E-state index contributed by atoms with van der Waals surface area (Å²) in [6.07, 6.45) is 2.24. The fourth-order valence-electron chi connectivity index (χ4n) is 2.02. The molecule has 0 aliphatic carbocycles. The van der Waals surface area contributed by atoms with Gasteiger partial charge in [0.05, 0.1) is 11.6 Å². The van der Waals surface area contributed by atoms with Crippen molar-refractivity contribution in [3.8, 4) is 17.6 Å². The molecule has 0 atom stereocenters. The van der Waals surface area contributed by atoms with E-state index in [1.807, 2.05) is 18.2 Å². The van der Waals surface area contributed by atoms with Gasteiger partial charge in [-0.05, 0) is 42.3 Å². The Balaban J connectivity index is 1.75. The van der Waals surface area contributed by atoms with Crippen LogP contribution in [0.5, 0.6) is 11.5 Å². The number of aryl methyl sites for hydroxylation is 1. The van der Waals surface area contributed by atoms with Gasteiger partial charge in [-0.25, -0.2) is 0 Å². The van der Waals surface area contributed by atoms with Gasteiger partial charge >= 0.3 is 0 Å². The monoisotopic (exact) mass is 281 g/mol. The number of benzene rings is 2. The number of ether oxygens (including phenoxy) is 2. The van der Waals surface area contributed by atoms with Gasteiger partial charge in [0.1, 0.15) is 24.7 Å². The second-order valence-corrected chi connectivity index (χ2v) is 4.73. The number of hydrogen-bond acceptors (Lipinski definition) is 3. The van der Waals surface area contributed by atoms with Crippen molar-refractivity contribution < 1.29 is 9.47 Å². The predicted octanol–water partition coefficient (Wildman–Crippen LogP) is 3.97. The van der Waals surface area contributed by atoms with Crippen LogP contribution in [0.2, 0.25) is 0 Å². The third-order valence-corrected chi connectivity index (χ3v) is 3.05. The van der Waals surface area contributed by atoms with Crippen LogP contribution in [-0.4, -0.2) is 13.2 Å². The Morgan fingerprint density at radius 1 is 0.952 bits per heavy atom. The molecule has 0 saturated carbocycles. The molecule has 0 aromatic heterocycles. The maximum atomic E-state index is 8.81. The van der Waals surface area contributed by atoms with Crippen LogP contribution in [0.25, 0.3) is 0 Å². The first-order valence-electron chi connectivity index (χ1n) is 7.16. The molecule has 0 saturated heterocycles. The molecule has 0 bridgehead atoms. The van der Waals surface area contributed by atoms with Gasteiger partial charge in [0.15, 0.2) is 0 Å². The summed E-state index contributed by atoms with van der Waals surface area (Å²) in [5, 5.41) is 8.81. The zero-order chi connectivity index (χ0) is 14.9. The fraction of sp³-hybridized carbons (Fsp3) is 0.278. The van der Waals surface area contributed by atoms with E-state index < -0.39 is 0 Å². The molecule has 0 amide bonds. The van der Waals surface area contributed by atoms with Crippen LogP contribution in [0.15, 0.2) is 48.5 Å². The van der Waals surface area contributed by atoms with Gasteiger partial charge in [-0.2, -0.15) is 5.26 Å². The van der Waals surface area contributed by atoms with E-state index in [4.69, 9.17) is 14.7 Å². The molecule has 0 radical (unpaired) electrons. The van der Waals surface area contributed by atoms with Crippen molar-refractivity contribution in [2.24, 2.45) is 0 Å². The lowest BCUT2D eigenvalue weighted by Crippen LogP contribution is -2.09. The minimum atomic E-state index is 0.450. The molecule has 21 heavy (non-hydrogen) atoms. The highest BCUT2D eigenvalue weighted by Gasteiger charge is 1.98. The van der Waals surface area contributed by atoms with Gasteiger partial charge in [0.25, 0.3) is 0 Å². The molecule has 2 aromatic carbocycles. The van der Waals surface area contributed by atoms with E-state index in [1.54, 1.807) is 18.2 Å². The van der Waals surface area contributed by atoms with Crippen molar-refractivity contribution in [1.82, 2.24) is 0 Å². The molecule has 0 fully saturated rings. The lowest BCUT2D eigenvalue weighted by molar-refractivity contribution is 0.217. The molecule has 0 aliphatic heterocycles. The fourth-order valence-corrected chi connectivity index (χ4v) is 2.02. The average Bonchev–Trinajstić information content (AvgIpc) is 2.53. The summed E-state index contributed by atoms with van der Waals surface area (Å²) in [4.78, 5) is 0. The van der Waals surface area contributed by atoms with Gasteiger partial charge < -0.3 is 9.47 Å². The van der Waals surface area contributed by atoms with Crippen molar-refractivity contribution >= 4 is 0 Å². The van der Waals surface area contributed by atoms with E-state index in [-0.39, 0.29) is 0 Å². The molecular weight excluding hydrogens is 262 g/mol. The summed E-state index contributed by atoms with van der Waals surface area (Å²) in [7, 11) is 0. The van der Waals surface area contributed by atoms with Gasteiger partial charge in [-0.15, -0.1) is 0 Å². The van der Waals surface area contributed by atoms with Gasteiger partial charge in [-0.1, -0.05) is 31.5 Å². The summed E-state index contributed by atoms with van der Waals surface area (Å²) in [6.45, 7) is 3.10. The van der Waals surface area contributed by atoms with E-state index in [9.17, 15) is 0 Å². The molecule has 3 heteroatoms. The standard InChI is InChI=1S/C18H19NO2/c1-2-4-15-7-9-17(10-8-15)20-11-12-21-18-6-3-5-16(13-18)14-19/h3,5-10,13H,2,4,11-12H2,1H3. The van der Waals surface area contributed by atoms with E-state index in [0.717, 1.165) is 18.6 Å². The summed E-state index contributed by atoms with van der Waals surface area (Å²) in [6, 6.07) is 17.4. The molecule has 0 aliphatic rings.